The van der Waals surface area contributed by atoms with Crippen molar-refractivity contribution < 1.29 is 9.53 Å². The summed E-state index contributed by atoms with van der Waals surface area (Å²) < 4.78 is 5.33. The maximum atomic E-state index is 11.5. The SMILES string of the molecule is CC1CC(C(=O)NCCCCCl)CO1. The van der Waals surface area contributed by atoms with Crippen molar-refractivity contribution in [2.45, 2.75) is 32.3 Å². The lowest BCUT2D eigenvalue weighted by Gasteiger charge is -2.08. The molecule has 14 heavy (non-hydrogen) atoms. The number of nitrogens with one attached hydrogen (secondary N) is 1. The van der Waals surface area contributed by atoms with Gasteiger partial charge in [-0.25, -0.2) is 0 Å². The van der Waals surface area contributed by atoms with Crippen LogP contribution in [-0.2, 0) is 9.53 Å². The summed E-state index contributed by atoms with van der Waals surface area (Å²) in [7, 11) is 0. The molecule has 1 rings (SSSR count). The van der Waals surface area contributed by atoms with Crippen LogP contribution < -0.4 is 5.32 Å². The Kier molecular flexibility index (Phi) is 5.26. The van der Waals surface area contributed by atoms with Crippen molar-refractivity contribution in [3.8, 4) is 0 Å². The Hall–Kier alpha value is -0.280. The zero-order valence-electron chi connectivity index (χ0n) is 8.59. The fourth-order valence-electron chi connectivity index (χ4n) is 1.58. The molecule has 0 aromatic carbocycles. The molecule has 0 aromatic rings. The monoisotopic (exact) mass is 219 g/mol. The van der Waals surface area contributed by atoms with E-state index < -0.39 is 0 Å². The topological polar surface area (TPSA) is 38.3 Å². The number of hydrogen-bond donors (Lipinski definition) is 1. The highest BCUT2D eigenvalue weighted by atomic mass is 35.5. The van der Waals surface area contributed by atoms with E-state index in [0.29, 0.717) is 12.5 Å². The lowest BCUT2D eigenvalue weighted by molar-refractivity contribution is -0.124. The van der Waals surface area contributed by atoms with Crippen molar-refractivity contribution in [3.63, 3.8) is 0 Å². The summed E-state index contributed by atoms with van der Waals surface area (Å²) in [6.07, 6.45) is 2.99. The molecule has 2 unspecified atom stereocenters. The molecule has 1 aliphatic heterocycles. The van der Waals surface area contributed by atoms with Gasteiger partial charge in [0.15, 0.2) is 0 Å². The molecule has 1 heterocycles. The minimum atomic E-state index is 0.0565. The second-order valence-electron chi connectivity index (χ2n) is 3.76. The summed E-state index contributed by atoms with van der Waals surface area (Å²) in [4.78, 5) is 11.5. The van der Waals surface area contributed by atoms with Crippen LogP contribution in [0.5, 0.6) is 0 Å². The van der Waals surface area contributed by atoms with E-state index in [-0.39, 0.29) is 17.9 Å². The molecule has 0 radical (unpaired) electrons. The number of carbonyl (C=O) groups excluding carboxylic acids is 1. The Morgan fingerprint density at radius 1 is 1.57 bits per heavy atom. The molecule has 1 amide bonds. The number of carbonyl (C=O) groups is 1. The average molecular weight is 220 g/mol. The van der Waals surface area contributed by atoms with Gasteiger partial charge in [-0.1, -0.05) is 0 Å². The minimum Gasteiger partial charge on any atom is -0.378 e. The first-order valence-electron chi connectivity index (χ1n) is 5.19. The first-order valence-corrected chi connectivity index (χ1v) is 5.72. The Labute approximate surface area is 90.1 Å². The maximum Gasteiger partial charge on any atom is 0.225 e. The van der Waals surface area contributed by atoms with E-state index >= 15 is 0 Å². The van der Waals surface area contributed by atoms with Gasteiger partial charge in [0.05, 0.1) is 18.6 Å². The molecule has 0 saturated carbocycles. The van der Waals surface area contributed by atoms with Crippen LogP contribution in [0.25, 0.3) is 0 Å². The van der Waals surface area contributed by atoms with E-state index in [1.165, 1.54) is 0 Å². The van der Waals surface area contributed by atoms with E-state index in [4.69, 9.17) is 16.3 Å². The third kappa shape index (κ3) is 3.84. The van der Waals surface area contributed by atoms with E-state index in [9.17, 15) is 4.79 Å². The number of unbranched alkanes of at least 4 members (excludes halogenated alkanes) is 1. The maximum absolute atomic E-state index is 11.5. The van der Waals surface area contributed by atoms with Crippen molar-refractivity contribution >= 4 is 17.5 Å². The van der Waals surface area contributed by atoms with E-state index in [2.05, 4.69) is 5.32 Å². The Bertz CT molecular complexity index is 187. The van der Waals surface area contributed by atoms with Crippen LogP contribution in [0.3, 0.4) is 0 Å². The van der Waals surface area contributed by atoms with Crippen LogP contribution in [0.15, 0.2) is 0 Å². The molecular formula is C10H18ClNO2. The smallest absolute Gasteiger partial charge is 0.225 e. The average Bonchev–Trinajstić information content (AvgIpc) is 2.59. The van der Waals surface area contributed by atoms with Gasteiger partial charge in [0.2, 0.25) is 5.91 Å². The molecule has 82 valence electrons. The van der Waals surface area contributed by atoms with Gasteiger partial charge in [-0.3, -0.25) is 4.79 Å². The highest BCUT2D eigenvalue weighted by Crippen LogP contribution is 2.18. The largest absolute Gasteiger partial charge is 0.378 e. The normalized spacial score (nSPS) is 26.4. The first-order chi connectivity index (χ1) is 6.74. The lowest BCUT2D eigenvalue weighted by atomic mass is 10.1. The second kappa shape index (κ2) is 6.25. The van der Waals surface area contributed by atoms with E-state index in [0.717, 1.165) is 25.8 Å². The highest BCUT2D eigenvalue weighted by Gasteiger charge is 2.27. The molecular weight excluding hydrogens is 202 g/mol. The number of ether oxygens (including phenoxy) is 1. The van der Waals surface area contributed by atoms with Gasteiger partial charge in [0.25, 0.3) is 0 Å². The molecule has 0 aromatic heterocycles. The Balaban J connectivity index is 2.09. The zero-order valence-corrected chi connectivity index (χ0v) is 9.35. The molecule has 3 nitrogen and oxygen atoms in total. The van der Waals surface area contributed by atoms with Gasteiger partial charge in [-0.05, 0) is 26.2 Å². The Morgan fingerprint density at radius 2 is 2.36 bits per heavy atom. The van der Waals surface area contributed by atoms with Crippen LogP contribution in [-0.4, -0.2) is 31.0 Å². The molecule has 0 bridgehead atoms. The lowest BCUT2D eigenvalue weighted by Crippen LogP contribution is -2.31. The van der Waals surface area contributed by atoms with Crippen LogP contribution in [0, 0.1) is 5.92 Å². The minimum absolute atomic E-state index is 0.0565. The zero-order chi connectivity index (χ0) is 10.4. The van der Waals surface area contributed by atoms with Gasteiger partial charge in [-0.2, -0.15) is 0 Å². The molecule has 1 aliphatic rings. The Morgan fingerprint density at radius 3 is 2.93 bits per heavy atom. The van der Waals surface area contributed by atoms with Crippen molar-refractivity contribution in [2.75, 3.05) is 19.0 Å². The summed E-state index contributed by atoms with van der Waals surface area (Å²) in [5.41, 5.74) is 0. The summed E-state index contributed by atoms with van der Waals surface area (Å²) in [6.45, 7) is 3.31. The third-order valence-corrected chi connectivity index (χ3v) is 2.70. The first kappa shape index (κ1) is 11.8. The quantitative estimate of drug-likeness (QED) is 0.563. The predicted molar refractivity (Wildman–Crippen MR) is 56.5 cm³/mol. The molecule has 1 N–H and O–H groups in total. The molecule has 0 aliphatic carbocycles. The van der Waals surface area contributed by atoms with E-state index in [1.54, 1.807) is 0 Å². The summed E-state index contributed by atoms with van der Waals surface area (Å²) in [5, 5.41) is 2.90. The predicted octanol–water partition coefficient (Wildman–Crippen LogP) is 1.55. The molecule has 1 saturated heterocycles. The number of alkyl halides is 1. The molecule has 1 fully saturated rings. The van der Waals surface area contributed by atoms with Crippen molar-refractivity contribution in [2.24, 2.45) is 5.92 Å². The van der Waals surface area contributed by atoms with Gasteiger partial charge >= 0.3 is 0 Å². The van der Waals surface area contributed by atoms with Gasteiger partial charge in [-0.15, -0.1) is 11.6 Å². The van der Waals surface area contributed by atoms with Crippen molar-refractivity contribution in [1.82, 2.24) is 5.32 Å². The van der Waals surface area contributed by atoms with Crippen LogP contribution in [0.1, 0.15) is 26.2 Å². The summed E-state index contributed by atoms with van der Waals surface area (Å²) in [6, 6.07) is 0. The fraction of sp³-hybridized carbons (Fsp3) is 0.900. The van der Waals surface area contributed by atoms with Crippen molar-refractivity contribution in [1.29, 1.82) is 0 Å². The van der Waals surface area contributed by atoms with Crippen LogP contribution in [0.2, 0.25) is 0 Å². The highest BCUT2D eigenvalue weighted by molar-refractivity contribution is 6.17. The number of amides is 1. The second-order valence-corrected chi connectivity index (χ2v) is 4.14. The number of rotatable bonds is 5. The fourth-order valence-corrected chi connectivity index (χ4v) is 1.76. The molecule has 0 spiro atoms. The number of hydrogen-bond acceptors (Lipinski definition) is 2. The van der Waals surface area contributed by atoms with Crippen molar-refractivity contribution in [3.05, 3.63) is 0 Å². The van der Waals surface area contributed by atoms with Gasteiger partial charge in [0.1, 0.15) is 0 Å². The van der Waals surface area contributed by atoms with Gasteiger partial charge < -0.3 is 10.1 Å². The van der Waals surface area contributed by atoms with E-state index in [1.807, 2.05) is 6.92 Å². The molecule has 4 heteroatoms. The summed E-state index contributed by atoms with van der Waals surface area (Å²) in [5.74, 6) is 0.851. The molecule has 2 atom stereocenters. The standard InChI is InChI=1S/C10H18ClNO2/c1-8-6-9(7-14-8)10(13)12-5-3-2-4-11/h8-9H,2-7H2,1H3,(H,12,13). The summed E-state index contributed by atoms with van der Waals surface area (Å²) >= 11 is 5.53. The van der Waals surface area contributed by atoms with Crippen LogP contribution in [0.4, 0.5) is 0 Å². The number of halogens is 1. The van der Waals surface area contributed by atoms with Crippen LogP contribution >= 0.6 is 11.6 Å². The third-order valence-electron chi connectivity index (χ3n) is 2.43. The van der Waals surface area contributed by atoms with Gasteiger partial charge in [0, 0.05) is 12.4 Å².